The van der Waals surface area contributed by atoms with Gasteiger partial charge in [0.25, 0.3) is 5.69 Å². The Morgan fingerprint density at radius 3 is 2.59 bits per heavy atom. The first kappa shape index (κ1) is 15.7. The van der Waals surface area contributed by atoms with Gasteiger partial charge < -0.3 is 10.4 Å². The predicted molar refractivity (Wildman–Crippen MR) is 81.2 cm³/mol. The summed E-state index contributed by atoms with van der Waals surface area (Å²) in [5.41, 5.74) is 1.23. The average Bonchev–Trinajstić information content (AvgIpc) is 2.53. The van der Waals surface area contributed by atoms with E-state index < -0.39 is 11.0 Å². The summed E-state index contributed by atoms with van der Waals surface area (Å²) in [6, 6.07) is 15.0. The van der Waals surface area contributed by atoms with E-state index in [0.29, 0.717) is 5.56 Å². The van der Waals surface area contributed by atoms with Crippen molar-refractivity contribution < 1.29 is 14.8 Å². The van der Waals surface area contributed by atoms with Gasteiger partial charge in [0.2, 0.25) is 5.91 Å². The van der Waals surface area contributed by atoms with Crippen molar-refractivity contribution in [3.8, 4) is 0 Å². The number of benzene rings is 2. The van der Waals surface area contributed by atoms with Crippen molar-refractivity contribution >= 4 is 11.6 Å². The predicted octanol–water partition coefficient (Wildman–Crippen LogP) is 1.99. The lowest BCUT2D eigenvalue weighted by Gasteiger charge is -2.12. The average molecular weight is 300 g/mol. The van der Waals surface area contributed by atoms with Crippen LogP contribution in [0.25, 0.3) is 0 Å². The summed E-state index contributed by atoms with van der Waals surface area (Å²) in [5.74, 6) is -0.296. The Kier molecular flexibility index (Phi) is 5.21. The van der Waals surface area contributed by atoms with Crippen LogP contribution < -0.4 is 5.32 Å². The highest BCUT2D eigenvalue weighted by Gasteiger charge is 2.11. The van der Waals surface area contributed by atoms with Gasteiger partial charge in [0, 0.05) is 18.7 Å². The molecule has 1 amide bonds. The number of nitro groups is 1. The zero-order valence-electron chi connectivity index (χ0n) is 11.8. The number of carbonyl (C=O) groups excluding carboxylic acids is 1. The first-order valence-electron chi connectivity index (χ1n) is 6.79. The molecule has 2 N–H and O–H groups in total. The number of hydrogen-bond acceptors (Lipinski definition) is 4. The van der Waals surface area contributed by atoms with E-state index >= 15 is 0 Å². The Balaban J connectivity index is 1.88. The normalized spacial score (nSPS) is 11.7. The molecule has 0 aliphatic heterocycles. The van der Waals surface area contributed by atoms with Crippen molar-refractivity contribution in [2.24, 2.45) is 0 Å². The Bertz CT molecular complexity index is 658. The topological polar surface area (TPSA) is 92.5 Å². The largest absolute Gasteiger partial charge is 0.387 e. The summed E-state index contributed by atoms with van der Waals surface area (Å²) in [4.78, 5) is 22.0. The second-order valence-electron chi connectivity index (χ2n) is 4.83. The molecule has 0 fully saturated rings. The van der Waals surface area contributed by atoms with Crippen LogP contribution in [0.1, 0.15) is 17.2 Å². The maximum Gasteiger partial charge on any atom is 0.269 e. The van der Waals surface area contributed by atoms with E-state index in [1.807, 2.05) is 18.2 Å². The maximum atomic E-state index is 11.8. The summed E-state index contributed by atoms with van der Waals surface area (Å²) in [6.07, 6.45) is -0.751. The summed E-state index contributed by atoms with van der Waals surface area (Å²) in [5, 5.41) is 23.3. The third-order valence-corrected chi connectivity index (χ3v) is 3.16. The van der Waals surface area contributed by atoms with Gasteiger partial charge in [0.15, 0.2) is 0 Å². The molecule has 0 spiro atoms. The van der Waals surface area contributed by atoms with Gasteiger partial charge in [-0.05, 0) is 11.1 Å². The van der Waals surface area contributed by atoms with E-state index in [-0.39, 0.29) is 24.6 Å². The van der Waals surface area contributed by atoms with Crippen molar-refractivity contribution in [1.29, 1.82) is 0 Å². The second kappa shape index (κ2) is 7.33. The smallest absolute Gasteiger partial charge is 0.269 e. The van der Waals surface area contributed by atoms with Crippen LogP contribution in [0.3, 0.4) is 0 Å². The van der Waals surface area contributed by atoms with Crippen LogP contribution in [0.4, 0.5) is 5.69 Å². The van der Waals surface area contributed by atoms with Crippen LogP contribution in [-0.4, -0.2) is 22.5 Å². The van der Waals surface area contributed by atoms with E-state index in [1.54, 1.807) is 24.3 Å². The van der Waals surface area contributed by atoms with Crippen LogP contribution in [-0.2, 0) is 11.2 Å². The number of non-ortho nitro benzene ring substituents is 1. The van der Waals surface area contributed by atoms with Gasteiger partial charge in [0.05, 0.1) is 17.4 Å². The first-order chi connectivity index (χ1) is 10.6. The third kappa shape index (κ3) is 4.39. The third-order valence-electron chi connectivity index (χ3n) is 3.16. The Morgan fingerprint density at radius 1 is 1.18 bits per heavy atom. The number of nitro benzene ring substituents is 1. The fourth-order valence-electron chi connectivity index (χ4n) is 2.03. The second-order valence-corrected chi connectivity index (χ2v) is 4.83. The summed E-state index contributed by atoms with van der Waals surface area (Å²) < 4.78 is 0. The standard InChI is InChI=1S/C16H16N2O4/c19-15(13-6-2-1-3-7-13)11-17-16(20)10-12-5-4-8-14(9-12)18(21)22/h1-9,15,19H,10-11H2,(H,17,20). The van der Waals surface area contributed by atoms with E-state index in [2.05, 4.69) is 5.32 Å². The molecule has 0 radical (unpaired) electrons. The number of hydrogen-bond donors (Lipinski definition) is 2. The molecule has 2 aromatic carbocycles. The molecule has 0 saturated heterocycles. The maximum absolute atomic E-state index is 11.8. The van der Waals surface area contributed by atoms with Crippen molar-refractivity contribution in [1.82, 2.24) is 5.32 Å². The van der Waals surface area contributed by atoms with Gasteiger partial charge in [-0.25, -0.2) is 0 Å². The molecule has 6 heteroatoms. The molecule has 22 heavy (non-hydrogen) atoms. The fourth-order valence-corrected chi connectivity index (χ4v) is 2.03. The number of nitrogens with one attached hydrogen (secondary N) is 1. The number of amides is 1. The van der Waals surface area contributed by atoms with Crippen LogP contribution in [0.5, 0.6) is 0 Å². The van der Waals surface area contributed by atoms with Gasteiger partial charge in [-0.1, -0.05) is 42.5 Å². The molecular formula is C16H16N2O4. The molecule has 6 nitrogen and oxygen atoms in total. The highest BCUT2D eigenvalue weighted by atomic mass is 16.6. The lowest BCUT2D eigenvalue weighted by molar-refractivity contribution is -0.384. The SMILES string of the molecule is O=C(Cc1cccc([N+](=O)[O-])c1)NCC(O)c1ccccc1. The van der Waals surface area contributed by atoms with E-state index in [1.165, 1.54) is 12.1 Å². The molecule has 1 unspecified atom stereocenters. The molecule has 0 bridgehead atoms. The van der Waals surface area contributed by atoms with Crippen LogP contribution >= 0.6 is 0 Å². The Hall–Kier alpha value is -2.73. The Morgan fingerprint density at radius 2 is 1.91 bits per heavy atom. The number of carbonyl (C=O) groups is 1. The molecule has 1 atom stereocenters. The molecule has 0 saturated carbocycles. The summed E-state index contributed by atoms with van der Waals surface area (Å²) in [7, 11) is 0. The highest BCUT2D eigenvalue weighted by Crippen LogP contribution is 2.14. The van der Waals surface area contributed by atoms with Gasteiger partial charge in [-0.3, -0.25) is 14.9 Å². The minimum atomic E-state index is -0.782. The summed E-state index contributed by atoms with van der Waals surface area (Å²) >= 11 is 0. The van der Waals surface area contributed by atoms with E-state index in [4.69, 9.17) is 0 Å². The molecule has 114 valence electrons. The van der Waals surface area contributed by atoms with Gasteiger partial charge in [-0.2, -0.15) is 0 Å². The van der Waals surface area contributed by atoms with Gasteiger partial charge >= 0.3 is 0 Å². The van der Waals surface area contributed by atoms with Gasteiger partial charge in [-0.15, -0.1) is 0 Å². The number of aliphatic hydroxyl groups excluding tert-OH is 1. The highest BCUT2D eigenvalue weighted by molar-refractivity contribution is 5.78. The van der Waals surface area contributed by atoms with Crippen molar-refractivity contribution in [2.75, 3.05) is 6.54 Å². The van der Waals surface area contributed by atoms with E-state index in [0.717, 1.165) is 5.56 Å². The lowest BCUT2D eigenvalue weighted by Crippen LogP contribution is -2.29. The number of aliphatic hydroxyl groups is 1. The Labute approximate surface area is 127 Å². The molecule has 2 aromatic rings. The van der Waals surface area contributed by atoms with Crippen LogP contribution in [0, 0.1) is 10.1 Å². The molecular weight excluding hydrogens is 284 g/mol. The molecule has 0 aromatic heterocycles. The molecule has 2 rings (SSSR count). The quantitative estimate of drug-likeness (QED) is 0.630. The number of nitrogens with zero attached hydrogens (tertiary/aromatic N) is 1. The van der Waals surface area contributed by atoms with Crippen molar-refractivity contribution in [2.45, 2.75) is 12.5 Å². The number of rotatable bonds is 6. The van der Waals surface area contributed by atoms with Crippen molar-refractivity contribution in [3.63, 3.8) is 0 Å². The minimum absolute atomic E-state index is 0.0309. The first-order valence-corrected chi connectivity index (χ1v) is 6.79. The zero-order chi connectivity index (χ0) is 15.9. The molecule has 0 aliphatic carbocycles. The van der Waals surface area contributed by atoms with Gasteiger partial charge in [0.1, 0.15) is 0 Å². The molecule has 0 heterocycles. The van der Waals surface area contributed by atoms with Crippen LogP contribution in [0.15, 0.2) is 54.6 Å². The van der Waals surface area contributed by atoms with Crippen molar-refractivity contribution in [3.05, 3.63) is 75.8 Å². The lowest BCUT2D eigenvalue weighted by atomic mass is 10.1. The summed E-state index contributed by atoms with van der Waals surface area (Å²) in [6.45, 7) is 0.0950. The molecule has 0 aliphatic rings. The van der Waals surface area contributed by atoms with E-state index in [9.17, 15) is 20.0 Å². The minimum Gasteiger partial charge on any atom is -0.387 e. The monoisotopic (exact) mass is 300 g/mol. The fraction of sp³-hybridized carbons (Fsp3) is 0.188. The zero-order valence-corrected chi connectivity index (χ0v) is 11.8. The van der Waals surface area contributed by atoms with Crippen LogP contribution in [0.2, 0.25) is 0 Å².